The number of allylic oxidation sites excluding steroid dienone is 2. The molecule has 5 heteroatoms. The molecule has 0 aliphatic rings. The SMILES string of the molecule is CC(C)=CCOc1ccc(C(=O)/C=C/c2ccccc2)c(OCC(=O)O)c1. The van der Waals surface area contributed by atoms with E-state index in [9.17, 15) is 9.59 Å². The summed E-state index contributed by atoms with van der Waals surface area (Å²) >= 11 is 0. The maximum Gasteiger partial charge on any atom is 0.341 e. The number of carboxylic acids is 1. The first kappa shape index (κ1) is 20.0. The zero-order valence-corrected chi connectivity index (χ0v) is 15.3. The molecule has 0 saturated carbocycles. The average molecular weight is 366 g/mol. The van der Waals surface area contributed by atoms with Crippen molar-refractivity contribution < 1.29 is 24.2 Å². The lowest BCUT2D eigenvalue weighted by Crippen LogP contribution is -2.12. The Morgan fingerprint density at radius 1 is 1.04 bits per heavy atom. The molecule has 0 bridgehead atoms. The number of benzene rings is 2. The van der Waals surface area contributed by atoms with Crippen LogP contribution in [-0.2, 0) is 4.79 Å². The third-order valence-corrected chi connectivity index (χ3v) is 3.54. The molecule has 140 valence electrons. The van der Waals surface area contributed by atoms with E-state index in [0.717, 1.165) is 11.1 Å². The van der Waals surface area contributed by atoms with E-state index >= 15 is 0 Å². The van der Waals surface area contributed by atoms with Crippen LogP contribution in [0.1, 0.15) is 29.8 Å². The summed E-state index contributed by atoms with van der Waals surface area (Å²) in [4.78, 5) is 23.4. The van der Waals surface area contributed by atoms with Crippen molar-refractivity contribution in [2.45, 2.75) is 13.8 Å². The van der Waals surface area contributed by atoms with E-state index in [1.807, 2.05) is 50.3 Å². The molecule has 0 atom stereocenters. The van der Waals surface area contributed by atoms with Crippen LogP contribution in [0, 0.1) is 0 Å². The first-order valence-electron chi connectivity index (χ1n) is 8.48. The smallest absolute Gasteiger partial charge is 0.341 e. The molecular weight excluding hydrogens is 344 g/mol. The Labute approximate surface area is 158 Å². The Morgan fingerprint density at radius 3 is 2.44 bits per heavy atom. The molecule has 0 aromatic heterocycles. The Kier molecular flexibility index (Phi) is 7.37. The summed E-state index contributed by atoms with van der Waals surface area (Å²) < 4.78 is 10.9. The van der Waals surface area contributed by atoms with Gasteiger partial charge in [0, 0.05) is 6.07 Å². The van der Waals surface area contributed by atoms with Crippen molar-refractivity contribution >= 4 is 17.8 Å². The van der Waals surface area contributed by atoms with E-state index in [2.05, 4.69) is 0 Å². The van der Waals surface area contributed by atoms with Crippen molar-refractivity contribution in [1.29, 1.82) is 0 Å². The van der Waals surface area contributed by atoms with Crippen molar-refractivity contribution in [3.05, 3.63) is 77.4 Å². The maximum absolute atomic E-state index is 12.5. The highest BCUT2D eigenvalue weighted by atomic mass is 16.5. The second kappa shape index (κ2) is 9.97. The molecule has 0 amide bonds. The molecule has 2 rings (SSSR count). The highest BCUT2D eigenvalue weighted by molar-refractivity contribution is 6.08. The number of ether oxygens (including phenoxy) is 2. The predicted molar refractivity (Wildman–Crippen MR) is 104 cm³/mol. The van der Waals surface area contributed by atoms with E-state index in [1.54, 1.807) is 18.2 Å². The fourth-order valence-electron chi connectivity index (χ4n) is 2.19. The predicted octanol–water partition coefficient (Wildman–Crippen LogP) is 4.39. The zero-order valence-electron chi connectivity index (χ0n) is 15.3. The molecule has 5 nitrogen and oxygen atoms in total. The van der Waals surface area contributed by atoms with Gasteiger partial charge < -0.3 is 14.6 Å². The lowest BCUT2D eigenvalue weighted by molar-refractivity contribution is -0.139. The van der Waals surface area contributed by atoms with Gasteiger partial charge in [0.1, 0.15) is 18.1 Å². The number of carbonyl (C=O) groups excluding carboxylic acids is 1. The summed E-state index contributed by atoms with van der Waals surface area (Å²) in [6.07, 6.45) is 5.05. The summed E-state index contributed by atoms with van der Waals surface area (Å²) in [6, 6.07) is 14.2. The second-order valence-corrected chi connectivity index (χ2v) is 6.04. The quantitative estimate of drug-likeness (QED) is 0.405. The molecule has 1 N–H and O–H groups in total. The van der Waals surface area contributed by atoms with Crippen molar-refractivity contribution in [2.75, 3.05) is 13.2 Å². The molecule has 0 aliphatic heterocycles. The monoisotopic (exact) mass is 366 g/mol. The number of hydrogen-bond acceptors (Lipinski definition) is 4. The molecular formula is C22H22O5. The van der Waals surface area contributed by atoms with E-state index in [-0.39, 0.29) is 17.1 Å². The largest absolute Gasteiger partial charge is 0.489 e. The van der Waals surface area contributed by atoms with Crippen LogP contribution in [0.15, 0.2) is 66.3 Å². The first-order chi connectivity index (χ1) is 13.0. The van der Waals surface area contributed by atoms with Crippen molar-refractivity contribution in [1.82, 2.24) is 0 Å². The molecule has 0 aliphatic carbocycles. The lowest BCUT2D eigenvalue weighted by atomic mass is 10.1. The number of carbonyl (C=O) groups is 2. The fraction of sp³-hybridized carbons (Fsp3) is 0.182. The Bertz CT molecular complexity index is 846. The van der Waals surface area contributed by atoms with Gasteiger partial charge in [0.2, 0.25) is 0 Å². The maximum atomic E-state index is 12.5. The van der Waals surface area contributed by atoms with Gasteiger partial charge in [-0.25, -0.2) is 4.79 Å². The van der Waals surface area contributed by atoms with Gasteiger partial charge in [-0.15, -0.1) is 0 Å². The minimum atomic E-state index is -1.12. The highest BCUT2D eigenvalue weighted by Crippen LogP contribution is 2.26. The first-order valence-corrected chi connectivity index (χ1v) is 8.48. The molecule has 2 aromatic rings. The minimum Gasteiger partial charge on any atom is -0.489 e. The van der Waals surface area contributed by atoms with E-state index in [0.29, 0.717) is 12.4 Å². The minimum absolute atomic E-state index is 0.176. The van der Waals surface area contributed by atoms with Gasteiger partial charge in [0.05, 0.1) is 5.56 Å². The van der Waals surface area contributed by atoms with E-state index < -0.39 is 12.6 Å². The molecule has 0 saturated heterocycles. The Morgan fingerprint density at radius 2 is 1.78 bits per heavy atom. The average Bonchev–Trinajstić information content (AvgIpc) is 2.65. The Hall–Kier alpha value is -3.34. The molecule has 0 spiro atoms. The summed E-state index contributed by atoms with van der Waals surface area (Å²) in [5.41, 5.74) is 2.29. The van der Waals surface area contributed by atoms with Gasteiger partial charge in [-0.1, -0.05) is 42.0 Å². The van der Waals surface area contributed by atoms with E-state index in [1.165, 1.54) is 12.1 Å². The molecule has 27 heavy (non-hydrogen) atoms. The zero-order chi connectivity index (χ0) is 19.6. The van der Waals surface area contributed by atoms with Crippen LogP contribution in [0.25, 0.3) is 6.08 Å². The fourth-order valence-corrected chi connectivity index (χ4v) is 2.19. The number of hydrogen-bond donors (Lipinski definition) is 1. The molecule has 0 radical (unpaired) electrons. The van der Waals surface area contributed by atoms with Crippen LogP contribution in [-0.4, -0.2) is 30.1 Å². The van der Waals surface area contributed by atoms with Gasteiger partial charge in [-0.05, 0) is 43.7 Å². The van der Waals surface area contributed by atoms with Gasteiger partial charge in [-0.3, -0.25) is 4.79 Å². The molecule has 0 heterocycles. The van der Waals surface area contributed by atoms with Crippen LogP contribution in [0.3, 0.4) is 0 Å². The van der Waals surface area contributed by atoms with Gasteiger partial charge in [0.25, 0.3) is 0 Å². The van der Waals surface area contributed by atoms with Gasteiger partial charge >= 0.3 is 5.97 Å². The Balaban J connectivity index is 2.21. The normalized spacial score (nSPS) is 10.4. The highest BCUT2D eigenvalue weighted by Gasteiger charge is 2.13. The summed E-state index contributed by atoms with van der Waals surface area (Å²) in [5, 5.41) is 8.87. The number of rotatable bonds is 9. The topological polar surface area (TPSA) is 72.8 Å². The third kappa shape index (κ3) is 6.82. The van der Waals surface area contributed by atoms with Gasteiger partial charge in [-0.2, -0.15) is 0 Å². The van der Waals surface area contributed by atoms with Crippen molar-refractivity contribution in [3.63, 3.8) is 0 Å². The second-order valence-electron chi connectivity index (χ2n) is 6.04. The summed E-state index contributed by atoms with van der Waals surface area (Å²) in [7, 11) is 0. The summed E-state index contributed by atoms with van der Waals surface area (Å²) in [5.74, 6) is -0.731. The van der Waals surface area contributed by atoms with Crippen LogP contribution in [0.2, 0.25) is 0 Å². The standard InChI is InChI=1S/C22H22O5/c1-16(2)12-13-26-18-9-10-19(21(14-18)27-15-22(24)25)20(23)11-8-17-6-4-3-5-7-17/h3-12,14H,13,15H2,1-2H3,(H,24,25)/b11-8+. The van der Waals surface area contributed by atoms with Crippen LogP contribution in [0.5, 0.6) is 11.5 Å². The molecule has 0 unspecified atom stereocenters. The summed E-state index contributed by atoms with van der Waals surface area (Å²) in [6.45, 7) is 3.76. The third-order valence-electron chi connectivity index (χ3n) is 3.54. The van der Waals surface area contributed by atoms with Gasteiger partial charge in [0.15, 0.2) is 12.4 Å². The van der Waals surface area contributed by atoms with Crippen LogP contribution in [0.4, 0.5) is 0 Å². The molecule has 2 aromatic carbocycles. The molecule has 0 fully saturated rings. The van der Waals surface area contributed by atoms with Crippen molar-refractivity contribution in [2.24, 2.45) is 0 Å². The van der Waals surface area contributed by atoms with E-state index in [4.69, 9.17) is 14.6 Å². The van der Waals surface area contributed by atoms with Crippen LogP contribution < -0.4 is 9.47 Å². The van der Waals surface area contributed by atoms with Crippen molar-refractivity contribution in [3.8, 4) is 11.5 Å². The van der Waals surface area contributed by atoms with Crippen LogP contribution >= 0.6 is 0 Å². The lowest BCUT2D eigenvalue weighted by Gasteiger charge is -2.11. The number of ketones is 1. The number of carboxylic acid groups (broad SMARTS) is 1. The number of aliphatic carboxylic acids is 1.